The maximum atomic E-state index is 12.1. The average molecular weight is 366 g/mol. The molecule has 138 valence electrons. The van der Waals surface area contributed by atoms with Gasteiger partial charge in [0.2, 0.25) is 5.91 Å². The van der Waals surface area contributed by atoms with E-state index < -0.39 is 0 Å². The lowest BCUT2D eigenvalue weighted by molar-refractivity contribution is -0.183. The van der Waals surface area contributed by atoms with Crippen LogP contribution in [-0.2, 0) is 14.3 Å². The number of anilines is 1. The Morgan fingerprint density at radius 3 is 2.76 bits per heavy atom. The zero-order valence-corrected chi connectivity index (χ0v) is 16.0. The van der Waals surface area contributed by atoms with Crippen LogP contribution in [-0.4, -0.2) is 34.6 Å². The molecule has 3 aliphatic carbocycles. The first-order valence-corrected chi connectivity index (χ1v) is 9.93. The van der Waals surface area contributed by atoms with E-state index in [2.05, 4.69) is 31.2 Å². The second-order valence-electron chi connectivity index (χ2n) is 7.85. The van der Waals surface area contributed by atoms with E-state index in [1.807, 2.05) is 0 Å². The summed E-state index contributed by atoms with van der Waals surface area (Å²) in [5.41, 5.74) is 0.384. The summed E-state index contributed by atoms with van der Waals surface area (Å²) in [4.78, 5) is 23.9. The summed E-state index contributed by atoms with van der Waals surface area (Å²) in [6.07, 6.45) is 2.25. The molecule has 0 radical (unpaired) electrons. The molecule has 4 rings (SSSR count). The van der Waals surface area contributed by atoms with Gasteiger partial charge in [-0.2, -0.15) is 0 Å². The van der Waals surface area contributed by atoms with Crippen LogP contribution in [0.5, 0.6) is 0 Å². The molecule has 1 aromatic heterocycles. The highest BCUT2D eigenvalue weighted by atomic mass is 32.2. The highest BCUT2D eigenvalue weighted by Gasteiger charge is 2.57. The lowest BCUT2D eigenvalue weighted by Gasteiger charge is -2.61. The molecular weight excluding hydrogens is 340 g/mol. The van der Waals surface area contributed by atoms with Crippen LogP contribution in [0.15, 0.2) is 10.6 Å². The summed E-state index contributed by atoms with van der Waals surface area (Å²) in [6.45, 7) is 8.60. The van der Waals surface area contributed by atoms with E-state index in [0.29, 0.717) is 34.7 Å². The van der Waals surface area contributed by atoms with Crippen LogP contribution >= 0.6 is 11.8 Å². The molecule has 0 spiro atoms. The van der Waals surface area contributed by atoms with E-state index in [0.717, 1.165) is 6.42 Å². The summed E-state index contributed by atoms with van der Waals surface area (Å²) in [5, 5.41) is 6.33. The van der Waals surface area contributed by atoms with Crippen LogP contribution in [0.3, 0.4) is 0 Å². The smallest absolute Gasteiger partial charge is 0.316 e. The summed E-state index contributed by atoms with van der Waals surface area (Å²) >= 11 is 1.25. The number of esters is 1. The number of nitrogens with zero attached hydrogens (tertiary/aromatic N) is 1. The second-order valence-corrected chi connectivity index (χ2v) is 8.83. The Hall–Kier alpha value is -1.50. The van der Waals surface area contributed by atoms with Gasteiger partial charge in [0.15, 0.2) is 5.82 Å². The van der Waals surface area contributed by atoms with Gasteiger partial charge in [-0.15, -0.1) is 11.8 Å². The Bertz CT molecular complexity index is 657. The van der Waals surface area contributed by atoms with Crippen molar-refractivity contribution in [1.82, 2.24) is 5.16 Å². The third-order valence-corrected chi connectivity index (χ3v) is 6.82. The number of rotatable bonds is 6. The van der Waals surface area contributed by atoms with E-state index >= 15 is 0 Å². The fraction of sp³-hybridized carbons (Fsp3) is 0.722. The number of ether oxygens (including phenoxy) is 1. The third-order valence-electron chi connectivity index (χ3n) is 5.92. The van der Waals surface area contributed by atoms with Crippen molar-refractivity contribution in [2.45, 2.75) is 46.6 Å². The molecule has 1 aromatic rings. The summed E-state index contributed by atoms with van der Waals surface area (Å²) in [5.74, 6) is 2.67. The average Bonchev–Trinajstić information content (AvgIpc) is 2.93. The molecule has 1 amide bonds. The topological polar surface area (TPSA) is 81.4 Å². The highest BCUT2D eigenvalue weighted by Crippen LogP contribution is 2.61. The van der Waals surface area contributed by atoms with Crippen molar-refractivity contribution in [1.29, 1.82) is 0 Å². The number of fused-ring (bicyclic) bond motifs is 2. The molecule has 3 saturated carbocycles. The lowest BCUT2D eigenvalue weighted by atomic mass is 9.45. The number of carbonyl (C=O) groups excluding carboxylic acids is 2. The fourth-order valence-electron chi connectivity index (χ4n) is 4.29. The minimum absolute atomic E-state index is 0.0248. The Kier molecular flexibility index (Phi) is 5.14. The molecule has 7 heteroatoms. The van der Waals surface area contributed by atoms with E-state index in [4.69, 9.17) is 9.26 Å². The van der Waals surface area contributed by atoms with Gasteiger partial charge >= 0.3 is 5.97 Å². The number of carbonyl (C=O) groups is 2. The number of aryl methyl sites for hydroxylation is 1. The molecule has 0 aromatic carbocycles. The molecular formula is C18H26N2O4S. The Balaban J connectivity index is 1.37. The van der Waals surface area contributed by atoms with E-state index in [9.17, 15) is 9.59 Å². The minimum atomic E-state index is -0.231. The molecule has 0 unspecified atom stereocenters. The van der Waals surface area contributed by atoms with Crippen molar-refractivity contribution in [2.24, 2.45) is 23.2 Å². The Morgan fingerprint density at radius 2 is 2.16 bits per heavy atom. The molecule has 3 aliphatic rings. The van der Waals surface area contributed by atoms with Crippen LogP contribution in [0.4, 0.5) is 5.82 Å². The van der Waals surface area contributed by atoms with E-state index in [1.165, 1.54) is 18.2 Å². The van der Waals surface area contributed by atoms with Crippen molar-refractivity contribution in [3.8, 4) is 0 Å². The lowest BCUT2D eigenvalue weighted by Crippen LogP contribution is -2.57. The monoisotopic (exact) mass is 366 g/mol. The zero-order chi connectivity index (χ0) is 18.2. The third kappa shape index (κ3) is 3.86. The largest absolute Gasteiger partial charge is 0.461 e. The highest BCUT2D eigenvalue weighted by molar-refractivity contribution is 8.00. The van der Waals surface area contributed by atoms with Gasteiger partial charge in [0.1, 0.15) is 11.9 Å². The van der Waals surface area contributed by atoms with Crippen molar-refractivity contribution >= 4 is 29.5 Å². The molecule has 0 saturated heterocycles. The maximum absolute atomic E-state index is 12.1. The molecule has 4 atom stereocenters. The maximum Gasteiger partial charge on any atom is 0.316 e. The van der Waals surface area contributed by atoms with Crippen molar-refractivity contribution in [3.05, 3.63) is 11.8 Å². The van der Waals surface area contributed by atoms with Gasteiger partial charge in [0.25, 0.3) is 0 Å². The SMILES string of the molecule is Cc1cc(NC(=O)CSCC(=O)O[C@@H]2C[C@H]3C[C@@H]([C@@H]2C)C3(C)C)no1. The number of nitrogens with one attached hydrogen (secondary N) is 1. The van der Waals surface area contributed by atoms with Crippen LogP contribution in [0.25, 0.3) is 0 Å². The number of hydrogen-bond acceptors (Lipinski definition) is 6. The van der Waals surface area contributed by atoms with E-state index in [-0.39, 0.29) is 29.5 Å². The van der Waals surface area contributed by atoms with Gasteiger partial charge in [-0.25, -0.2) is 0 Å². The zero-order valence-electron chi connectivity index (χ0n) is 15.2. The molecule has 1 heterocycles. The summed E-state index contributed by atoms with van der Waals surface area (Å²) < 4.78 is 10.6. The van der Waals surface area contributed by atoms with Crippen LogP contribution in [0.2, 0.25) is 0 Å². The van der Waals surface area contributed by atoms with E-state index in [1.54, 1.807) is 13.0 Å². The van der Waals surface area contributed by atoms with Gasteiger partial charge in [-0.3, -0.25) is 9.59 Å². The summed E-state index contributed by atoms with van der Waals surface area (Å²) in [7, 11) is 0. The first-order chi connectivity index (χ1) is 11.8. The number of amides is 1. The van der Waals surface area contributed by atoms with Crippen LogP contribution in [0, 0.1) is 30.1 Å². The normalized spacial score (nSPS) is 29.6. The van der Waals surface area contributed by atoms with Gasteiger partial charge < -0.3 is 14.6 Å². The summed E-state index contributed by atoms with van der Waals surface area (Å²) in [6, 6.07) is 1.65. The Morgan fingerprint density at radius 1 is 1.40 bits per heavy atom. The number of hydrogen-bond donors (Lipinski definition) is 1. The van der Waals surface area contributed by atoms with Crippen LogP contribution in [0.1, 0.15) is 39.4 Å². The van der Waals surface area contributed by atoms with Gasteiger partial charge in [-0.1, -0.05) is 25.9 Å². The van der Waals surface area contributed by atoms with Gasteiger partial charge in [0, 0.05) is 6.07 Å². The Labute approximate surface area is 152 Å². The predicted molar refractivity (Wildman–Crippen MR) is 96.2 cm³/mol. The van der Waals surface area contributed by atoms with Crippen molar-refractivity contribution < 1.29 is 18.8 Å². The minimum Gasteiger partial charge on any atom is -0.461 e. The molecule has 25 heavy (non-hydrogen) atoms. The van der Waals surface area contributed by atoms with Crippen molar-refractivity contribution in [2.75, 3.05) is 16.8 Å². The van der Waals surface area contributed by atoms with Gasteiger partial charge in [0.05, 0.1) is 11.5 Å². The van der Waals surface area contributed by atoms with Gasteiger partial charge in [-0.05, 0) is 42.9 Å². The molecule has 2 bridgehead atoms. The fourth-order valence-corrected chi connectivity index (χ4v) is 4.89. The second kappa shape index (κ2) is 7.02. The first-order valence-electron chi connectivity index (χ1n) is 8.77. The number of thioether (sulfide) groups is 1. The standard InChI is InChI=1S/C18H26N2O4S/c1-10-5-15(20-24-10)19-16(21)8-25-9-17(22)23-14-7-12-6-13(11(14)2)18(12,3)4/h5,11-14H,6-9H2,1-4H3,(H,19,20,21)/t11-,12+,13-,14+/m0/s1. The predicted octanol–water partition coefficient (Wildman–Crippen LogP) is 3.27. The van der Waals surface area contributed by atoms with Crippen molar-refractivity contribution in [3.63, 3.8) is 0 Å². The number of aromatic nitrogens is 1. The molecule has 0 aliphatic heterocycles. The van der Waals surface area contributed by atoms with Crippen LogP contribution < -0.4 is 5.32 Å². The first kappa shape index (κ1) is 18.3. The molecule has 1 N–H and O–H groups in total. The quantitative estimate of drug-likeness (QED) is 0.778. The molecule has 3 fully saturated rings. The molecule has 6 nitrogen and oxygen atoms in total.